The maximum Gasteiger partial charge on any atom is 0.0570 e. The Balaban J connectivity index is 2.45. The third kappa shape index (κ3) is 4.31. The van der Waals surface area contributed by atoms with Crippen molar-refractivity contribution in [2.45, 2.75) is 58.5 Å². The van der Waals surface area contributed by atoms with Crippen LogP contribution < -0.4 is 5.32 Å². The topological polar surface area (TPSA) is 24.9 Å². The molecule has 1 unspecified atom stereocenters. The predicted octanol–water partition coefficient (Wildman–Crippen LogP) is 3.70. The van der Waals surface area contributed by atoms with E-state index in [1.165, 1.54) is 25.7 Å². The van der Waals surface area contributed by atoms with Crippen LogP contribution in [0.3, 0.4) is 0 Å². The highest BCUT2D eigenvalue weighted by atomic mass is 15.0. The first-order valence-electron chi connectivity index (χ1n) is 6.44. The molecule has 2 atom stereocenters. The Kier molecular flexibility index (Phi) is 6.09. The monoisotopic (exact) mass is 220 g/mol. The van der Waals surface area contributed by atoms with Crippen LogP contribution in [-0.4, -0.2) is 11.0 Å². The van der Waals surface area contributed by atoms with Crippen LogP contribution in [0.25, 0.3) is 0 Å². The Morgan fingerprint density at radius 1 is 1.31 bits per heavy atom. The third-order valence-electron chi connectivity index (χ3n) is 3.02. The van der Waals surface area contributed by atoms with Crippen LogP contribution >= 0.6 is 0 Å². The number of hydrogen-bond donors (Lipinski definition) is 1. The Hall–Kier alpha value is -0.890. The van der Waals surface area contributed by atoms with Crippen LogP contribution in [0.4, 0.5) is 0 Å². The highest BCUT2D eigenvalue weighted by molar-refractivity contribution is 5.07. The molecule has 0 saturated carbocycles. The summed E-state index contributed by atoms with van der Waals surface area (Å²) in [7, 11) is 0. The largest absolute Gasteiger partial charge is 0.306 e. The van der Waals surface area contributed by atoms with Gasteiger partial charge >= 0.3 is 0 Å². The maximum absolute atomic E-state index is 4.38. The van der Waals surface area contributed by atoms with Gasteiger partial charge in [-0.3, -0.25) is 4.98 Å². The van der Waals surface area contributed by atoms with Gasteiger partial charge in [0.2, 0.25) is 0 Å². The molecule has 0 spiro atoms. The molecule has 1 heterocycles. The summed E-state index contributed by atoms with van der Waals surface area (Å²) < 4.78 is 0. The second kappa shape index (κ2) is 7.39. The van der Waals surface area contributed by atoms with Crippen molar-refractivity contribution in [3.05, 3.63) is 30.1 Å². The van der Waals surface area contributed by atoms with Crippen LogP contribution in [0.1, 0.15) is 58.2 Å². The van der Waals surface area contributed by atoms with Gasteiger partial charge in [-0.15, -0.1) is 0 Å². The van der Waals surface area contributed by atoms with E-state index in [2.05, 4.69) is 37.1 Å². The van der Waals surface area contributed by atoms with Gasteiger partial charge in [0.05, 0.1) is 5.69 Å². The zero-order valence-corrected chi connectivity index (χ0v) is 10.7. The summed E-state index contributed by atoms with van der Waals surface area (Å²) in [6, 6.07) is 7.07. The average Bonchev–Trinajstić information content (AvgIpc) is 2.35. The molecule has 2 nitrogen and oxygen atoms in total. The van der Waals surface area contributed by atoms with Crippen LogP contribution in [0.15, 0.2) is 24.4 Å². The maximum atomic E-state index is 4.38. The zero-order chi connectivity index (χ0) is 11.8. The fraction of sp³-hybridized carbons (Fsp3) is 0.643. The molecule has 1 aromatic heterocycles. The van der Waals surface area contributed by atoms with Crippen molar-refractivity contribution in [2.75, 3.05) is 0 Å². The van der Waals surface area contributed by atoms with E-state index in [1.807, 2.05) is 18.3 Å². The second-order valence-electron chi connectivity index (χ2n) is 4.39. The van der Waals surface area contributed by atoms with Crippen molar-refractivity contribution in [1.29, 1.82) is 0 Å². The van der Waals surface area contributed by atoms with Crippen LogP contribution in [-0.2, 0) is 0 Å². The lowest BCUT2D eigenvalue weighted by atomic mass is 10.1. The molecule has 1 aromatic rings. The van der Waals surface area contributed by atoms with Crippen molar-refractivity contribution in [3.63, 3.8) is 0 Å². The number of nitrogens with one attached hydrogen (secondary N) is 1. The first-order valence-corrected chi connectivity index (χ1v) is 6.44. The van der Waals surface area contributed by atoms with E-state index in [1.54, 1.807) is 0 Å². The molecule has 0 bridgehead atoms. The first-order chi connectivity index (χ1) is 7.77. The van der Waals surface area contributed by atoms with Crippen LogP contribution in [0, 0.1) is 0 Å². The number of rotatable bonds is 7. The molecular weight excluding hydrogens is 196 g/mol. The number of hydrogen-bond acceptors (Lipinski definition) is 2. The van der Waals surface area contributed by atoms with E-state index in [4.69, 9.17) is 0 Å². The number of aromatic nitrogens is 1. The quantitative estimate of drug-likeness (QED) is 0.758. The van der Waals surface area contributed by atoms with Crippen molar-refractivity contribution >= 4 is 0 Å². The van der Waals surface area contributed by atoms with Gasteiger partial charge in [0.15, 0.2) is 0 Å². The fourth-order valence-corrected chi connectivity index (χ4v) is 1.93. The normalized spacial score (nSPS) is 14.7. The molecule has 90 valence electrons. The zero-order valence-electron chi connectivity index (χ0n) is 10.7. The first kappa shape index (κ1) is 13.2. The lowest BCUT2D eigenvalue weighted by Crippen LogP contribution is -2.31. The van der Waals surface area contributed by atoms with Gasteiger partial charge in [-0.2, -0.15) is 0 Å². The highest BCUT2D eigenvalue weighted by Crippen LogP contribution is 2.13. The third-order valence-corrected chi connectivity index (χ3v) is 3.02. The van der Waals surface area contributed by atoms with Crippen molar-refractivity contribution in [3.8, 4) is 0 Å². The van der Waals surface area contributed by atoms with Gasteiger partial charge < -0.3 is 5.32 Å². The molecule has 0 aliphatic heterocycles. The summed E-state index contributed by atoms with van der Waals surface area (Å²) in [4.78, 5) is 4.38. The minimum atomic E-state index is 0.350. The van der Waals surface area contributed by atoms with Crippen LogP contribution in [0.5, 0.6) is 0 Å². The Morgan fingerprint density at radius 2 is 2.12 bits per heavy atom. The van der Waals surface area contributed by atoms with Crippen molar-refractivity contribution in [2.24, 2.45) is 0 Å². The molecule has 0 amide bonds. The molecule has 1 N–H and O–H groups in total. The van der Waals surface area contributed by atoms with E-state index >= 15 is 0 Å². The lowest BCUT2D eigenvalue weighted by Gasteiger charge is -2.21. The number of unbranched alkanes of at least 4 members (excludes halogenated alkanes) is 1. The summed E-state index contributed by atoms with van der Waals surface area (Å²) in [5.41, 5.74) is 1.14. The molecular formula is C14H24N2. The van der Waals surface area contributed by atoms with Crippen molar-refractivity contribution in [1.82, 2.24) is 10.3 Å². The molecule has 0 radical (unpaired) electrons. The average molecular weight is 220 g/mol. The molecule has 0 aliphatic carbocycles. The molecule has 16 heavy (non-hydrogen) atoms. The van der Waals surface area contributed by atoms with E-state index in [0.29, 0.717) is 12.1 Å². The molecule has 2 heteroatoms. The Morgan fingerprint density at radius 3 is 2.69 bits per heavy atom. The Labute approximate surface area is 99.5 Å². The Bertz CT molecular complexity index is 271. The molecule has 1 rings (SSSR count). The summed E-state index contributed by atoms with van der Waals surface area (Å²) in [6.07, 6.45) is 6.90. The standard InChI is InChI=1S/C14H24N2/c1-4-6-9-13(5-2)16-12(3)14-10-7-8-11-15-14/h7-8,10-13,16H,4-6,9H2,1-3H3/t12-,13?/m0/s1. The highest BCUT2D eigenvalue weighted by Gasteiger charge is 2.11. The van der Waals surface area contributed by atoms with E-state index in [0.717, 1.165) is 5.69 Å². The summed E-state index contributed by atoms with van der Waals surface area (Å²) in [5, 5.41) is 3.66. The minimum absolute atomic E-state index is 0.350. The van der Waals surface area contributed by atoms with Gasteiger partial charge in [0.1, 0.15) is 0 Å². The van der Waals surface area contributed by atoms with Crippen LogP contribution in [0.2, 0.25) is 0 Å². The summed E-state index contributed by atoms with van der Waals surface area (Å²) in [6.45, 7) is 6.68. The van der Waals surface area contributed by atoms with E-state index in [9.17, 15) is 0 Å². The van der Waals surface area contributed by atoms with Gasteiger partial charge in [-0.1, -0.05) is 32.8 Å². The molecule has 0 saturated heterocycles. The van der Waals surface area contributed by atoms with Gasteiger partial charge in [0.25, 0.3) is 0 Å². The van der Waals surface area contributed by atoms with Crippen molar-refractivity contribution < 1.29 is 0 Å². The van der Waals surface area contributed by atoms with Gasteiger partial charge in [0, 0.05) is 18.3 Å². The predicted molar refractivity (Wildman–Crippen MR) is 69.4 cm³/mol. The summed E-state index contributed by atoms with van der Waals surface area (Å²) in [5.74, 6) is 0. The smallest absolute Gasteiger partial charge is 0.0570 e. The number of nitrogens with zero attached hydrogens (tertiary/aromatic N) is 1. The SMILES string of the molecule is CCCCC(CC)N[C@@H](C)c1ccccn1. The van der Waals surface area contributed by atoms with Gasteiger partial charge in [-0.25, -0.2) is 0 Å². The molecule has 0 fully saturated rings. The molecule has 0 aliphatic rings. The fourth-order valence-electron chi connectivity index (χ4n) is 1.93. The van der Waals surface area contributed by atoms with E-state index in [-0.39, 0.29) is 0 Å². The minimum Gasteiger partial charge on any atom is -0.306 e. The lowest BCUT2D eigenvalue weighted by molar-refractivity contribution is 0.406. The second-order valence-corrected chi connectivity index (χ2v) is 4.39. The molecule has 0 aromatic carbocycles. The summed E-state index contributed by atoms with van der Waals surface area (Å²) >= 11 is 0. The number of pyridine rings is 1. The van der Waals surface area contributed by atoms with E-state index < -0.39 is 0 Å². The van der Waals surface area contributed by atoms with Gasteiger partial charge in [-0.05, 0) is 31.9 Å².